The Balaban J connectivity index is 2.94. The van der Waals surface area contributed by atoms with Crippen molar-refractivity contribution in [3.8, 4) is 0 Å². The predicted molar refractivity (Wildman–Crippen MR) is 62.2 cm³/mol. The molecule has 0 saturated heterocycles. The van der Waals surface area contributed by atoms with Gasteiger partial charge < -0.3 is 15.3 Å². The van der Waals surface area contributed by atoms with Crippen molar-refractivity contribution in [3.63, 3.8) is 0 Å². The fraction of sp³-hybridized carbons (Fsp3) is 0.273. The molecule has 1 rings (SSSR count). The lowest BCUT2D eigenvalue weighted by atomic mass is 10.0. The Kier molecular flexibility index (Phi) is 4.53. The summed E-state index contributed by atoms with van der Waals surface area (Å²) in [6, 6.07) is 4.66. The molecule has 0 bridgehead atoms. The predicted octanol–water partition coefficient (Wildman–Crippen LogP) is 1.11. The van der Waals surface area contributed by atoms with Gasteiger partial charge in [-0.3, -0.25) is 4.79 Å². The second kappa shape index (κ2) is 5.70. The summed E-state index contributed by atoms with van der Waals surface area (Å²) in [6.07, 6.45) is -1.41. The smallest absolute Gasteiger partial charge is 0.337 e. The van der Waals surface area contributed by atoms with Crippen LogP contribution < -0.4 is 0 Å². The average molecular weight is 256 g/mol. The van der Waals surface area contributed by atoms with Gasteiger partial charge in [0.05, 0.1) is 0 Å². The summed E-state index contributed by atoms with van der Waals surface area (Å²) in [6.45, 7) is 0. The number of thiol groups is 1. The highest BCUT2D eigenvalue weighted by Crippen LogP contribution is 2.23. The van der Waals surface area contributed by atoms with Crippen LogP contribution in [0.1, 0.15) is 23.7 Å². The van der Waals surface area contributed by atoms with Crippen molar-refractivity contribution in [1.82, 2.24) is 0 Å². The lowest BCUT2D eigenvalue weighted by Crippen LogP contribution is -2.11. The highest BCUT2D eigenvalue weighted by molar-refractivity contribution is 7.80. The van der Waals surface area contributed by atoms with Gasteiger partial charge in [0.1, 0.15) is 0 Å². The summed E-state index contributed by atoms with van der Waals surface area (Å²) in [5, 5.41) is 26.6. The number of carbonyl (C=O) groups is 2. The molecule has 0 heterocycles. The van der Waals surface area contributed by atoms with Crippen molar-refractivity contribution >= 4 is 24.6 Å². The first-order valence-electron chi connectivity index (χ1n) is 4.86. The van der Waals surface area contributed by atoms with Gasteiger partial charge in [-0.2, -0.15) is 0 Å². The number of carboxylic acid groups (broad SMARTS) is 2. The number of carboxylic acids is 2. The first-order valence-corrected chi connectivity index (χ1v) is 5.31. The Morgan fingerprint density at radius 2 is 1.94 bits per heavy atom. The van der Waals surface area contributed by atoms with E-state index in [0.717, 1.165) is 0 Å². The van der Waals surface area contributed by atoms with Crippen LogP contribution in [0.25, 0.3) is 0 Å². The lowest BCUT2D eigenvalue weighted by Gasteiger charge is -2.10. The molecule has 1 aromatic rings. The third kappa shape index (κ3) is 3.76. The fourth-order valence-corrected chi connectivity index (χ4v) is 1.62. The van der Waals surface area contributed by atoms with E-state index >= 15 is 0 Å². The van der Waals surface area contributed by atoms with Crippen molar-refractivity contribution in [2.45, 2.75) is 23.8 Å². The molecule has 3 N–H and O–H groups in total. The second-order valence-corrected chi connectivity index (χ2v) is 4.01. The molecule has 0 aliphatic heterocycles. The number of aliphatic carboxylic acids is 2. The minimum atomic E-state index is -1.65. The van der Waals surface area contributed by atoms with Crippen molar-refractivity contribution in [1.29, 1.82) is 0 Å². The molecule has 1 atom stereocenters. The molecule has 0 radical (unpaired) electrons. The van der Waals surface area contributed by atoms with Crippen LogP contribution >= 0.6 is 12.6 Å². The molecule has 0 saturated carbocycles. The molecule has 0 amide bonds. The molecule has 1 aromatic carbocycles. The van der Waals surface area contributed by atoms with Gasteiger partial charge >= 0.3 is 11.9 Å². The maximum Gasteiger partial charge on any atom is 0.337 e. The Bertz CT molecular complexity index is 443. The van der Waals surface area contributed by atoms with Crippen LogP contribution in [-0.4, -0.2) is 27.3 Å². The molecule has 0 fully saturated rings. The fourth-order valence-electron chi connectivity index (χ4n) is 1.36. The number of hydrogen-bond donors (Lipinski definition) is 4. The molecule has 0 spiro atoms. The van der Waals surface area contributed by atoms with Gasteiger partial charge in [-0.25, -0.2) is 4.79 Å². The Labute approximate surface area is 103 Å². The van der Waals surface area contributed by atoms with E-state index < -0.39 is 18.0 Å². The summed E-state index contributed by atoms with van der Waals surface area (Å²) < 4.78 is 0. The molecule has 6 heteroatoms. The topological polar surface area (TPSA) is 94.8 Å². The first kappa shape index (κ1) is 13.5. The zero-order valence-corrected chi connectivity index (χ0v) is 9.72. The van der Waals surface area contributed by atoms with Gasteiger partial charge in [0.25, 0.3) is 0 Å². The minimum Gasteiger partial charge on any atom is -0.481 e. The molecule has 1 unspecified atom stereocenters. The number of aryl methyl sites for hydroxylation is 1. The van der Waals surface area contributed by atoms with E-state index in [9.17, 15) is 14.7 Å². The molecule has 0 aromatic heterocycles. The summed E-state index contributed by atoms with van der Waals surface area (Å²) in [5.74, 6) is -2.30. The van der Waals surface area contributed by atoms with E-state index in [0.29, 0.717) is 10.5 Å². The maximum absolute atomic E-state index is 10.7. The molecular weight excluding hydrogens is 244 g/mol. The molecule has 92 valence electrons. The minimum absolute atomic E-state index is 0.0471. The maximum atomic E-state index is 10.7. The van der Waals surface area contributed by atoms with E-state index in [-0.39, 0.29) is 18.4 Å². The molecule has 0 aliphatic rings. The SMILES string of the molecule is O=C(O)CCc1ccc(S)c(C(O)C(=O)O)c1. The summed E-state index contributed by atoms with van der Waals surface area (Å²) in [7, 11) is 0. The second-order valence-electron chi connectivity index (χ2n) is 3.53. The van der Waals surface area contributed by atoms with Crippen molar-refractivity contribution in [3.05, 3.63) is 29.3 Å². The molecule has 17 heavy (non-hydrogen) atoms. The zero-order valence-electron chi connectivity index (χ0n) is 8.83. The Morgan fingerprint density at radius 1 is 1.29 bits per heavy atom. The van der Waals surface area contributed by atoms with Crippen molar-refractivity contribution < 1.29 is 24.9 Å². The molecule has 5 nitrogen and oxygen atoms in total. The third-order valence-electron chi connectivity index (χ3n) is 2.25. The van der Waals surface area contributed by atoms with Gasteiger partial charge in [-0.15, -0.1) is 12.6 Å². The van der Waals surface area contributed by atoms with E-state index in [2.05, 4.69) is 12.6 Å². The van der Waals surface area contributed by atoms with Crippen LogP contribution in [-0.2, 0) is 16.0 Å². The molecule has 0 aliphatic carbocycles. The largest absolute Gasteiger partial charge is 0.481 e. The number of aliphatic hydroxyl groups excluding tert-OH is 1. The van der Waals surface area contributed by atoms with Crippen LogP contribution in [0.5, 0.6) is 0 Å². The first-order chi connectivity index (χ1) is 7.91. The van der Waals surface area contributed by atoms with E-state index in [4.69, 9.17) is 10.2 Å². The normalized spacial score (nSPS) is 12.1. The van der Waals surface area contributed by atoms with Gasteiger partial charge in [0.15, 0.2) is 6.10 Å². The standard InChI is InChI=1S/C11H12O5S/c12-9(13)4-2-6-1-3-8(17)7(5-6)10(14)11(15)16/h1,3,5,10,14,17H,2,4H2,(H,12,13)(H,15,16). The number of hydrogen-bond acceptors (Lipinski definition) is 4. The van der Waals surface area contributed by atoms with Gasteiger partial charge in [0, 0.05) is 16.9 Å². The molecular formula is C11H12O5S. The highest BCUT2D eigenvalue weighted by atomic mass is 32.1. The number of aliphatic hydroxyl groups is 1. The third-order valence-corrected chi connectivity index (χ3v) is 2.66. The van der Waals surface area contributed by atoms with Gasteiger partial charge in [-0.1, -0.05) is 12.1 Å². The van der Waals surface area contributed by atoms with Gasteiger partial charge in [-0.05, 0) is 18.1 Å². The van der Waals surface area contributed by atoms with E-state index in [1.165, 1.54) is 6.07 Å². The summed E-state index contributed by atoms with van der Waals surface area (Å²) in [4.78, 5) is 21.4. The van der Waals surface area contributed by atoms with Crippen LogP contribution in [0.15, 0.2) is 23.1 Å². The van der Waals surface area contributed by atoms with Gasteiger partial charge in [0.2, 0.25) is 0 Å². The quantitative estimate of drug-likeness (QED) is 0.592. The van der Waals surface area contributed by atoms with Crippen molar-refractivity contribution in [2.75, 3.05) is 0 Å². The summed E-state index contributed by atoms with van der Waals surface area (Å²) in [5.41, 5.74) is 0.823. The van der Waals surface area contributed by atoms with Crippen LogP contribution in [0.4, 0.5) is 0 Å². The number of benzene rings is 1. The highest BCUT2D eigenvalue weighted by Gasteiger charge is 2.18. The average Bonchev–Trinajstić information content (AvgIpc) is 2.26. The van der Waals surface area contributed by atoms with E-state index in [1.807, 2.05) is 0 Å². The van der Waals surface area contributed by atoms with Crippen LogP contribution in [0, 0.1) is 0 Å². The number of rotatable bonds is 5. The lowest BCUT2D eigenvalue weighted by molar-refractivity contribution is -0.147. The summed E-state index contributed by atoms with van der Waals surface area (Å²) >= 11 is 4.05. The monoisotopic (exact) mass is 256 g/mol. The van der Waals surface area contributed by atoms with Crippen molar-refractivity contribution in [2.24, 2.45) is 0 Å². The van der Waals surface area contributed by atoms with E-state index in [1.54, 1.807) is 12.1 Å². The zero-order chi connectivity index (χ0) is 13.0. The van der Waals surface area contributed by atoms with Crippen LogP contribution in [0.3, 0.4) is 0 Å². The Hall–Kier alpha value is -1.53. The van der Waals surface area contributed by atoms with Crippen LogP contribution in [0.2, 0.25) is 0 Å². The Morgan fingerprint density at radius 3 is 2.47 bits per heavy atom.